The van der Waals surface area contributed by atoms with E-state index in [0.717, 1.165) is 73.2 Å². The predicted octanol–water partition coefficient (Wildman–Crippen LogP) is 6.71. The Morgan fingerprint density at radius 1 is 1.05 bits per heavy atom. The average molecular weight is 622 g/mol. The summed E-state index contributed by atoms with van der Waals surface area (Å²) in [5.74, 6) is 0.833. The number of unbranched alkanes of at least 4 members (excludes halogenated alkanes) is 3. The van der Waals surface area contributed by atoms with Gasteiger partial charge in [0, 0.05) is 54.2 Å². The standard InChI is InChI=1S/C34H44ClN5O4/c1-38(17-7-18-39-20-15-36-25-39)16-5-3-4-6-21-43-28-11-8-26(9-12-28)33-32-29(30-24-27(35)10-13-31(30)37-32)14-19-40(33)34(41)44-23-22-42-2/h8-13,15,20,24-25,33,37H,3-7,14,16-19,21-23H2,1-2H3. The molecule has 3 heterocycles. The van der Waals surface area contributed by atoms with Crippen molar-refractivity contribution in [3.8, 4) is 5.75 Å². The van der Waals surface area contributed by atoms with E-state index in [1.165, 1.54) is 18.4 Å². The van der Waals surface area contributed by atoms with E-state index in [0.29, 0.717) is 24.8 Å². The number of aromatic amines is 1. The number of amides is 1. The second-order valence-electron chi connectivity index (χ2n) is 11.4. The molecule has 2 aromatic heterocycles. The van der Waals surface area contributed by atoms with E-state index >= 15 is 0 Å². The number of methoxy groups -OCH3 is 1. The minimum atomic E-state index is -0.351. The molecule has 1 aliphatic rings. The first-order chi connectivity index (χ1) is 21.5. The summed E-state index contributed by atoms with van der Waals surface area (Å²) in [7, 11) is 3.79. The Hall–Kier alpha value is -3.53. The van der Waals surface area contributed by atoms with E-state index in [1.54, 1.807) is 12.0 Å². The van der Waals surface area contributed by atoms with Crippen LogP contribution in [0.2, 0.25) is 5.02 Å². The van der Waals surface area contributed by atoms with Crippen LogP contribution >= 0.6 is 11.6 Å². The number of aromatic nitrogens is 3. The van der Waals surface area contributed by atoms with Crippen molar-refractivity contribution in [1.82, 2.24) is 24.3 Å². The maximum absolute atomic E-state index is 13.2. The number of imidazole rings is 1. The summed E-state index contributed by atoms with van der Waals surface area (Å²) < 4.78 is 18.8. The molecule has 4 aromatic rings. The van der Waals surface area contributed by atoms with Crippen LogP contribution in [-0.2, 0) is 22.4 Å². The first-order valence-electron chi connectivity index (χ1n) is 15.6. The van der Waals surface area contributed by atoms with Crippen LogP contribution in [0.4, 0.5) is 4.79 Å². The van der Waals surface area contributed by atoms with Gasteiger partial charge in [-0.05, 0) is 87.3 Å². The second kappa shape index (κ2) is 16.0. The molecular formula is C34H44ClN5O4. The molecular weight excluding hydrogens is 578 g/mol. The number of halogens is 1. The van der Waals surface area contributed by atoms with Crippen molar-refractivity contribution in [2.75, 3.05) is 53.6 Å². The molecule has 1 atom stereocenters. The molecule has 0 saturated heterocycles. The maximum atomic E-state index is 13.2. The molecule has 1 N–H and O–H groups in total. The highest BCUT2D eigenvalue weighted by molar-refractivity contribution is 6.31. The van der Waals surface area contributed by atoms with Gasteiger partial charge in [0.1, 0.15) is 18.4 Å². The van der Waals surface area contributed by atoms with Gasteiger partial charge in [0.15, 0.2) is 0 Å². The lowest BCUT2D eigenvalue weighted by molar-refractivity contribution is 0.0629. The van der Waals surface area contributed by atoms with Crippen molar-refractivity contribution < 1.29 is 19.0 Å². The maximum Gasteiger partial charge on any atom is 0.410 e. The quantitative estimate of drug-likeness (QED) is 0.140. The number of nitrogens with one attached hydrogen (secondary N) is 1. The molecule has 0 fully saturated rings. The zero-order valence-electron chi connectivity index (χ0n) is 25.8. The summed E-state index contributed by atoms with van der Waals surface area (Å²) in [6, 6.07) is 13.7. The molecule has 5 rings (SSSR count). The number of benzene rings is 2. The first-order valence-corrected chi connectivity index (χ1v) is 16.0. The van der Waals surface area contributed by atoms with Gasteiger partial charge in [0.25, 0.3) is 0 Å². The molecule has 44 heavy (non-hydrogen) atoms. The predicted molar refractivity (Wildman–Crippen MR) is 174 cm³/mol. The fourth-order valence-electron chi connectivity index (χ4n) is 5.93. The summed E-state index contributed by atoms with van der Waals surface area (Å²) >= 11 is 6.33. The van der Waals surface area contributed by atoms with Crippen molar-refractivity contribution in [3.05, 3.63) is 83.0 Å². The van der Waals surface area contributed by atoms with Crippen LogP contribution in [0.3, 0.4) is 0 Å². The summed E-state index contributed by atoms with van der Waals surface area (Å²) in [5.41, 5.74) is 4.19. The summed E-state index contributed by atoms with van der Waals surface area (Å²) in [4.78, 5) is 25.0. The lowest BCUT2D eigenvalue weighted by atomic mass is 9.92. The lowest BCUT2D eigenvalue weighted by Gasteiger charge is -2.35. The fraction of sp³-hybridized carbons (Fsp3) is 0.471. The molecule has 0 aliphatic carbocycles. The molecule has 0 bridgehead atoms. The van der Waals surface area contributed by atoms with Crippen molar-refractivity contribution in [1.29, 1.82) is 0 Å². The van der Waals surface area contributed by atoms with Gasteiger partial charge in [0.05, 0.1) is 19.5 Å². The van der Waals surface area contributed by atoms with Gasteiger partial charge in [-0.3, -0.25) is 4.90 Å². The molecule has 0 saturated carbocycles. The highest BCUT2D eigenvalue weighted by Crippen LogP contribution is 2.39. The summed E-state index contributed by atoms with van der Waals surface area (Å²) in [5, 5.41) is 1.80. The van der Waals surface area contributed by atoms with Crippen LogP contribution in [0.15, 0.2) is 61.2 Å². The van der Waals surface area contributed by atoms with Crippen molar-refractivity contribution in [2.45, 2.75) is 51.1 Å². The number of hydrogen-bond donors (Lipinski definition) is 1. The van der Waals surface area contributed by atoms with Crippen LogP contribution in [0, 0.1) is 0 Å². The van der Waals surface area contributed by atoms with Gasteiger partial charge in [-0.1, -0.05) is 36.6 Å². The Morgan fingerprint density at radius 3 is 2.66 bits per heavy atom. The van der Waals surface area contributed by atoms with Gasteiger partial charge in [-0.2, -0.15) is 0 Å². The van der Waals surface area contributed by atoms with Crippen LogP contribution in [0.1, 0.15) is 55.0 Å². The van der Waals surface area contributed by atoms with E-state index < -0.39 is 0 Å². The molecule has 1 unspecified atom stereocenters. The third kappa shape index (κ3) is 8.34. The molecule has 2 aromatic carbocycles. The van der Waals surface area contributed by atoms with Crippen LogP contribution in [-0.4, -0.2) is 84.0 Å². The third-order valence-electron chi connectivity index (χ3n) is 8.25. The van der Waals surface area contributed by atoms with Crippen molar-refractivity contribution in [2.24, 2.45) is 0 Å². The second-order valence-corrected chi connectivity index (χ2v) is 11.9. The smallest absolute Gasteiger partial charge is 0.410 e. The van der Waals surface area contributed by atoms with E-state index in [2.05, 4.69) is 26.5 Å². The number of rotatable bonds is 16. The largest absolute Gasteiger partial charge is 0.494 e. The number of ether oxygens (including phenoxy) is 3. The fourth-order valence-corrected chi connectivity index (χ4v) is 6.10. The molecule has 1 amide bonds. The third-order valence-corrected chi connectivity index (χ3v) is 8.49. The number of H-pyrrole nitrogens is 1. The van der Waals surface area contributed by atoms with Gasteiger partial charge >= 0.3 is 6.09 Å². The minimum absolute atomic E-state index is 0.212. The minimum Gasteiger partial charge on any atom is -0.494 e. The van der Waals surface area contributed by atoms with Gasteiger partial charge in [0.2, 0.25) is 0 Å². The Morgan fingerprint density at radius 2 is 1.86 bits per heavy atom. The Kier molecular flexibility index (Phi) is 11.6. The molecule has 0 radical (unpaired) electrons. The van der Waals surface area contributed by atoms with Crippen molar-refractivity contribution >= 4 is 28.6 Å². The molecule has 236 valence electrons. The van der Waals surface area contributed by atoms with E-state index in [1.807, 2.05) is 61.2 Å². The number of fused-ring (bicyclic) bond motifs is 3. The highest BCUT2D eigenvalue weighted by atomic mass is 35.5. The summed E-state index contributed by atoms with van der Waals surface area (Å²) in [6.45, 7) is 5.04. The number of aryl methyl sites for hydroxylation is 1. The number of carbonyl (C=O) groups excluding carboxylic acids is 1. The summed E-state index contributed by atoms with van der Waals surface area (Å²) in [6.07, 6.45) is 11.8. The van der Waals surface area contributed by atoms with Crippen LogP contribution in [0.5, 0.6) is 5.75 Å². The zero-order valence-corrected chi connectivity index (χ0v) is 26.6. The molecule has 10 heteroatoms. The zero-order chi connectivity index (χ0) is 30.7. The molecule has 9 nitrogen and oxygen atoms in total. The number of nitrogens with zero attached hydrogens (tertiary/aromatic N) is 4. The first kappa shape index (κ1) is 31.9. The number of hydrogen-bond acceptors (Lipinski definition) is 6. The molecule has 1 aliphatic heterocycles. The molecule has 0 spiro atoms. The van der Waals surface area contributed by atoms with E-state index in [4.69, 9.17) is 25.8 Å². The van der Waals surface area contributed by atoms with Gasteiger partial charge in [-0.25, -0.2) is 9.78 Å². The van der Waals surface area contributed by atoms with Crippen molar-refractivity contribution in [3.63, 3.8) is 0 Å². The Balaban J connectivity index is 1.12. The normalized spacial score (nSPS) is 14.7. The van der Waals surface area contributed by atoms with E-state index in [9.17, 15) is 4.79 Å². The topological polar surface area (TPSA) is 84.9 Å². The van der Waals surface area contributed by atoms with Gasteiger partial charge < -0.3 is 28.7 Å². The Bertz CT molecular complexity index is 1460. The van der Waals surface area contributed by atoms with Crippen LogP contribution < -0.4 is 4.74 Å². The van der Waals surface area contributed by atoms with Gasteiger partial charge in [-0.15, -0.1) is 0 Å². The monoisotopic (exact) mass is 621 g/mol. The highest BCUT2D eigenvalue weighted by Gasteiger charge is 2.35. The Labute approximate surface area is 265 Å². The average Bonchev–Trinajstić information content (AvgIpc) is 3.68. The van der Waals surface area contributed by atoms with E-state index in [-0.39, 0.29) is 18.7 Å². The number of carbonyl (C=O) groups is 1. The van der Waals surface area contributed by atoms with Crippen LogP contribution in [0.25, 0.3) is 10.9 Å². The SMILES string of the molecule is COCCOC(=O)N1CCc2c([nH]c3ccc(Cl)cc23)C1c1ccc(OCCCCCCN(C)CCCn2ccnc2)cc1. The lowest BCUT2D eigenvalue weighted by Crippen LogP contribution is -2.41.